The van der Waals surface area contributed by atoms with E-state index < -0.39 is 36.1 Å². The monoisotopic (exact) mass is 486 g/mol. The van der Waals surface area contributed by atoms with Crippen molar-refractivity contribution in [3.05, 3.63) is 35.5 Å². The SMILES string of the molecule is [2H]C([2H])([2H])C(CCC[C@@H](C)[C@H]1CC[C@H]2/C(=C/C=C3/C[C@@H](O)CCC3=C)CCC[C@]12C)(OS(=O)(=O)O)C([2H])([2H])[2H]. The molecule has 0 radical (unpaired) electrons. The van der Waals surface area contributed by atoms with Crippen LogP contribution in [-0.4, -0.2) is 29.8 Å². The van der Waals surface area contributed by atoms with E-state index in [1.807, 2.05) is 0 Å². The molecule has 3 fully saturated rings. The highest BCUT2D eigenvalue weighted by atomic mass is 32.3. The van der Waals surface area contributed by atoms with Crippen molar-refractivity contribution in [2.24, 2.45) is 23.2 Å². The second-order valence-electron chi connectivity index (χ2n) is 10.7. The van der Waals surface area contributed by atoms with E-state index in [0.717, 1.165) is 56.1 Å². The van der Waals surface area contributed by atoms with Gasteiger partial charge in [-0.05, 0) is 100 Å². The summed E-state index contributed by atoms with van der Waals surface area (Å²) in [6, 6.07) is 0. The van der Waals surface area contributed by atoms with Gasteiger partial charge in [0.15, 0.2) is 0 Å². The molecule has 5 nitrogen and oxygen atoms in total. The summed E-state index contributed by atoms with van der Waals surface area (Å²) in [5.41, 5.74) is 0.679. The third kappa shape index (κ3) is 6.81. The van der Waals surface area contributed by atoms with Gasteiger partial charge in [0.1, 0.15) is 0 Å². The Labute approximate surface area is 209 Å². The molecule has 3 saturated carbocycles. The van der Waals surface area contributed by atoms with E-state index in [0.29, 0.717) is 24.7 Å². The molecule has 3 rings (SSSR count). The molecule has 5 atom stereocenters. The summed E-state index contributed by atoms with van der Waals surface area (Å²) < 4.78 is 83.3. The molecule has 0 aromatic heterocycles. The lowest BCUT2D eigenvalue weighted by Gasteiger charge is -2.44. The van der Waals surface area contributed by atoms with Crippen LogP contribution in [0.25, 0.3) is 0 Å². The molecule has 0 heterocycles. The molecule has 0 spiro atoms. The van der Waals surface area contributed by atoms with Crippen LogP contribution >= 0.6 is 0 Å². The Morgan fingerprint density at radius 3 is 2.76 bits per heavy atom. The van der Waals surface area contributed by atoms with Crippen LogP contribution in [0, 0.1) is 23.2 Å². The third-order valence-corrected chi connectivity index (χ3v) is 8.84. The van der Waals surface area contributed by atoms with Crippen molar-refractivity contribution in [3.63, 3.8) is 0 Å². The predicted molar refractivity (Wildman–Crippen MR) is 133 cm³/mol. The van der Waals surface area contributed by atoms with Crippen molar-refractivity contribution < 1.29 is 30.5 Å². The van der Waals surface area contributed by atoms with Crippen LogP contribution in [0.1, 0.15) is 106 Å². The van der Waals surface area contributed by atoms with Crippen molar-refractivity contribution in [1.29, 1.82) is 0 Å². The lowest BCUT2D eigenvalue weighted by atomic mass is 9.60. The van der Waals surface area contributed by atoms with Crippen molar-refractivity contribution in [2.45, 2.75) is 110 Å². The van der Waals surface area contributed by atoms with Gasteiger partial charge < -0.3 is 5.11 Å². The average molecular weight is 487 g/mol. The number of aliphatic hydroxyl groups excluding tert-OH is 1. The molecular formula is C27H44O5S. The summed E-state index contributed by atoms with van der Waals surface area (Å²) in [6.45, 7) is 2.01. The number of aliphatic hydroxyl groups is 1. The molecule has 0 aromatic carbocycles. The van der Waals surface area contributed by atoms with Crippen LogP contribution in [0.2, 0.25) is 0 Å². The molecule has 3 aliphatic carbocycles. The van der Waals surface area contributed by atoms with E-state index >= 15 is 0 Å². The van der Waals surface area contributed by atoms with Gasteiger partial charge in [0.2, 0.25) is 0 Å². The van der Waals surface area contributed by atoms with Gasteiger partial charge in [0, 0.05) is 8.22 Å². The minimum atomic E-state index is -5.32. The van der Waals surface area contributed by atoms with Gasteiger partial charge in [0.25, 0.3) is 0 Å². The summed E-state index contributed by atoms with van der Waals surface area (Å²) in [7, 11) is -5.32. The molecular weight excluding hydrogens is 436 g/mol. The van der Waals surface area contributed by atoms with Crippen LogP contribution in [-0.2, 0) is 14.6 Å². The second-order valence-corrected chi connectivity index (χ2v) is 11.8. The van der Waals surface area contributed by atoms with Crippen LogP contribution in [0.3, 0.4) is 0 Å². The first-order valence-electron chi connectivity index (χ1n) is 15.2. The molecule has 0 aromatic rings. The molecule has 0 bridgehead atoms. The number of allylic oxidation sites excluding steroid dienone is 4. The zero-order valence-electron chi connectivity index (χ0n) is 26.0. The highest BCUT2D eigenvalue weighted by Gasteiger charge is 2.50. The largest absolute Gasteiger partial charge is 0.397 e. The molecule has 33 heavy (non-hydrogen) atoms. The first kappa shape index (κ1) is 19.3. The smallest absolute Gasteiger partial charge is 0.393 e. The summed E-state index contributed by atoms with van der Waals surface area (Å²) >= 11 is 0. The fourth-order valence-electron chi connectivity index (χ4n) is 6.71. The van der Waals surface area contributed by atoms with Crippen molar-refractivity contribution in [1.82, 2.24) is 0 Å². The summed E-state index contributed by atoms with van der Waals surface area (Å²) in [5.74, 6) is 0.925. The summed E-state index contributed by atoms with van der Waals surface area (Å²) in [5, 5.41) is 10.1. The maximum absolute atomic E-state index is 11.5. The summed E-state index contributed by atoms with van der Waals surface area (Å²) in [4.78, 5) is 0. The highest BCUT2D eigenvalue weighted by Crippen LogP contribution is 2.60. The fraction of sp³-hybridized carbons (Fsp3) is 0.778. The van der Waals surface area contributed by atoms with E-state index in [-0.39, 0.29) is 23.9 Å². The minimum Gasteiger partial charge on any atom is -0.393 e. The topological polar surface area (TPSA) is 83.8 Å². The molecule has 2 N–H and O–H groups in total. The van der Waals surface area contributed by atoms with E-state index in [4.69, 9.17) is 8.22 Å². The minimum absolute atomic E-state index is 0.0567. The maximum Gasteiger partial charge on any atom is 0.397 e. The summed E-state index contributed by atoms with van der Waals surface area (Å²) in [6.07, 6.45) is 11.6. The quantitative estimate of drug-likeness (QED) is 0.380. The van der Waals surface area contributed by atoms with Crippen LogP contribution in [0.4, 0.5) is 0 Å². The Morgan fingerprint density at radius 2 is 2.06 bits per heavy atom. The molecule has 0 amide bonds. The van der Waals surface area contributed by atoms with Gasteiger partial charge in [-0.2, -0.15) is 8.42 Å². The molecule has 0 saturated heterocycles. The maximum atomic E-state index is 11.5. The zero-order chi connectivity index (χ0) is 29.4. The number of fused-ring (bicyclic) bond motifs is 1. The standard InChI is InChI=1S/C27H44O5S/c1-19-10-13-23(28)18-22(19)12-11-21-9-7-17-27(5)24(14-15-25(21)27)20(2)8-6-16-26(3,4)32-33(29,30)31/h11-12,20,23-25,28H,1,6-10,13-18H2,2-5H3,(H,29,30,31)/b21-11+,22-12-/t20-,23+,24-,25+,27-/m1/s1/i3D3,4D3. The Balaban J connectivity index is 1.74. The molecule has 0 unspecified atom stereocenters. The predicted octanol–water partition coefficient (Wildman–Crippen LogP) is 6.56. The van der Waals surface area contributed by atoms with Gasteiger partial charge in [-0.1, -0.05) is 56.6 Å². The van der Waals surface area contributed by atoms with E-state index in [9.17, 15) is 18.1 Å². The first-order chi connectivity index (χ1) is 17.8. The van der Waals surface area contributed by atoms with Crippen LogP contribution in [0.5, 0.6) is 0 Å². The average Bonchev–Trinajstić information content (AvgIpc) is 3.14. The lowest BCUT2D eigenvalue weighted by Crippen LogP contribution is -2.36. The number of rotatable bonds is 8. The van der Waals surface area contributed by atoms with Crippen LogP contribution in [0.15, 0.2) is 35.5 Å². The van der Waals surface area contributed by atoms with Crippen molar-refractivity contribution in [2.75, 3.05) is 0 Å². The van der Waals surface area contributed by atoms with Gasteiger partial charge >= 0.3 is 10.4 Å². The first-order valence-corrected chi connectivity index (χ1v) is 13.6. The molecule has 6 heteroatoms. The van der Waals surface area contributed by atoms with Crippen LogP contribution < -0.4 is 0 Å². The highest BCUT2D eigenvalue weighted by molar-refractivity contribution is 7.80. The van der Waals surface area contributed by atoms with E-state index in [1.165, 1.54) is 5.57 Å². The number of hydrogen-bond acceptors (Lipinski definition) is 4. The molecule has 0 aliphatic heterocycles. The molecule has 188 valence electrons. The second kappa shape index (κ2) is 10.3. The zero-order valence-corrected chi connectivity index (χ0v) is 20.8. The van der Waals surface area contributed by atoms with Gasteiger partial charge in [-0.25, -0.2) is 4.18 Å². The lowest BCUT2D eigenvalue weighted by molar-refractivity contribution is 0.0740. The molecule has 3 aliphatic rings. The number of hydrogen-bond donors (Lipinski definition) is 2. The van der Waals surface area contributed by atoms with E-state index in [1.54, 1.807) is 0 Å². The third-order valence-electron chi connectivity index (χ3n) is 8.35. The van der Waals surface area contributed by atoms with Gasteiger partial charge in [0.05, 0.1) is 11.7 Å². The van der Waals surface area contributed by atoms with Crippen molar-refractivity contribution in [3.8, 4) is 0 Å². The Kier molecular flexibility index (Phi) is 6.04. The Hall–Kier alpha value is -0.950. The van der Waals surface area contributed by atoms with E-state index in [2.05, 4.69) is 36.8 Å². The Morgan fingerprint density at radius 1 is 1.30 bits per heavy atom. The Bertz CT molecular complexity index is 1060. The normalized spacial score (nSPS) is 38.1. The van der Waals surface area contributed by atoms with Gasteiger partial charge in [-0.15, -0.1) is 0 Å². The fourth-order valence-corrected chi connectivity index (χ4v) is 7.15. The van der Waals surface area contributed by atoms with Gasteiger partial charge in [-0.3, -0.25) is 4.55 Å². The van der Waals surface area contributed by atoms with Crippen molar-refractivity contribution >= 4 is 10.4 Å².